The lowest BCUT2D eigenvalue weighted by molar-refractivity contribution is 0.172. The molecular weight excluding hydrogens is 266 g/mol. The number of hydrogen-bond acceptors (Lipinski definition) is 4. The van der Waals surface area contributed by atoms with Crippen molar-refractivity contribution < 1.29 is 9.84 Å². The van der Waals surface area contributed by atoms with Crippen LogP contribution >= 0.6 is 11.6 Å². The Morgan fingerprint density at radius 2 is 2.21 bits per heavy atom. The Kier molecular flexibility index (Phi) is 4.07. The summed E-state index contributed by atoms with van der Waals surface area (Å²) >= 11 is 6.15. The summed E-state index contributed by atoms with van der Waals surface area (Å²) in [6.07, 6.45) is -0.367. The van der Waals surface area contributed by atoms with Crippen molar-refractivity contribution in [3.8, 4) is 5.88 Å². The molecule has 0 aromatic carbocycles. The van der Waals surface area contributed by atoms with E-state index in [0.29, 0.717) is 23.1 Å². The summed E-state index contributed by atoms with van der Waals surface area (Å²) < 4.78 is 6.64. The Morgan fingerprint density at radius 3 is 2.79 bits per heavy atom. The molecule has 19 heavy (non-hydrogen) atoms. The average molecular weight is 282 g/mol. The Balaban J connectivity index is 2.22. The van der Waals surface area contributed by atoms with Gasteiger partial charge in [-0.05, 0) is 13.0 Å². The highest BCUT2D eigenvalue weighted by Crippen LogP contribution is 2.25. The van der Waals surface area contributed by atoms with Gasteiger partial charge in [0.05, 0.1) is 18.5 Å². The maximum Gasteiger partial charge on any atom is 0.213 e. The van der Waals surface area contributed by atoms with E-state index in [1.54, 1.807) is 37.0 Å². The fraction of sp³-hybridized carbons (Fsp3) is 0.385. The minimum atomic E-state index is -0.740. The first-order valence-corrected chi connectivity index (χ1v) is 6.27. The predicted molar refractivity (Wildman–Crippen MR) is 72.4 cm³/mol. The zero-order valence-corrected chi connectivity index (χ0v) is 11.8. The monoisotopic (exact) mass is 281 g/mol. The van der Waals surface area contributed by atoms with Crippen LogP contribution in [0.1, 0.15) is 23.1 Å². The maximum absolute atomic E-state index is 10.2. The minimum Gasteiger partial charge on any atom is -0.481 e. The molecular formula is C13H16ClN3O2. The van der Waals surface area contributed by atoms with Gasteiger partial charge in [0.15, 0.2) is 0 Å². The van der Waals surface area contributed by atoms with Gasteiger partial charge in [0.25, 0.3) is 0 Å². The lowest BCUT2D eigenvalue weighted by atomic mass is 10.1. The molecule has 6 heteroatoms. The fourth-order valence-electron chi connectivity index (χ4n) is 1.93. The molecule has 0 bridgehead atoms. The molecule has 0 aliphatic heterocycles. The third-order valence-corrected chi connectivity index (χ3v) is 3.44. The summed E-state index contributed by atoms with van der Waals surface area (Å²) in [6, 6.07) is 5.29. The maximum atomic E-state index is 10.2. The number of aryl methyl sites for hydroxylation is 2. The summed E-state index contributed by atoms with van der Waals surface area (Å²) in [5.74, 6) is 0.477. The van der Waals surface area contributed by atoms with Crippen molar-refractivity contribution >= 4 is 11.6 Å². The van der Waals surface area contributed by atoms with Crippen molar-refractivity contribution in [2.75, 3.05) is 7.11 Å². The van der Waals surface area contributed by atoms with Crippen LogP contribution in [0.15, 0.2) is 18.2 Å². The summed E-state index contributed by atoms with van der Waals surface area (Å²) in [7, 11) is 3.32. The average Bonchev–Trinajstić information content (AvgIpc) is 2.65. The van der Waals surface area contributed by atoms with Gasteiger partial charge in [0.2, 0.25) is 5.88 Å². The largest absolute Gasteiger partial charge is 0.481 e. The molecule has 1 N–H and O–H groups in total. The Hall–Kier alpha value is -1.59. The highest BCUT2D eigenvalue weighted by atomic mass is 35.5. The molecule has 0 spiro atoms. The number of hydrogen-bond donors (Lipinski definition) is 1. The van der Waals surface area contributed by atoms with Crippen LogP contribution in [0.4, 0.5) is 0 Å². The van der Waals surface area contributed by atoms with E-state index in [2.05, 4.69) is 10.1 Å². The molecule has 2 aromatic rings. The standard InChI is InChI=1S/C13H16ClN3O2/c1-8-9(13(14)17(2)16-8)7-11(18)10-5-4-6-12(15-10)19-3/h4-6,11,18H,7H2,1-3H3. The molecule has 1 unspecified atom stereocenters. The number of methoxy groups -OCH3 is 1. The molecule has 0 fully saturated rings. The van der Waals surface area contributed by atoms with Crippen molar-refractivity contribution in [1.29, 1.82) is 0 Å². The first-order chi connectivity index (χ1) is 9.02. The van der Waals surface area contributed by atoms with Crippen LogP contribution < -0.4 is 4.74 Å². The van der Waals surface area contributed by atoms with Crippen molar-refractivity contribution in [3.63, 3.8) is 0 Å². The van der Waals surface area contributed by atoms with Crippen LogP contribution in [0.2, 0.25) is 5.15 Å². The predicted octanol–water partition coefficient (Wildman–Crippen LogP) is 2.06. The van der Waals surface area contributed by atoms with Crippen molar-refractivity contribution in [3.05, 3.63) is 40.3 Å². The molecule has 0 aliphatic rings. The van der Waals surface area contributed by atoms with E-state index < -0.39 is 6.10 Å². The van der Waals surface area contributed by atoms with Gasteiger partial charge in [-0.2, -0.15) is 5.10 Å². The third-order valence-electron chi connectivity index (χ3n) is 2.96. The van der Waals surface area contributed by atoms with Crippen molar-refractivity contribution in [1.82, 2.24) is 14.8 Å². The minimum absolute atomic E-state index is 0.374. The molecule has 0 aliphatic carbocycles. The Labute approximate surface area is 116 Å². The molecule has 1 atom stereocenters. The topological polar surface area (TPSA) is 60.2 Å². The second-order valence-electron chi connectivity index (χ2n) is 4.30. The lowest BCUT2D eigenvalue weighted by Crippen LogP contribution is -2.05. The number of aliphatic hydroxyl groups is 1. The second-order valence-corrected chi connectivity index (χ2v) is 4.66. The first kappa shape index (κ1) is 13.8. The van der Waals surface area contributed by atoms with E-state index in [1.165, 1.54) is 0 Å². The highest BCUT2D eigenvalue weighted by molar-refractivity contribution is 6.30. The van der Waals surface area contributed by atoms with Crippen molar-refractivity contribution in [2.45, 2.75) is 19.4 Å². The molecule has 5 nitrogen and oxygen atoms in total. The van der Waals surface area contributed by atoms with Gasteiger partial charge in [-0.25, -0.2) is 4.98 Å². The van der Waals surface area contributed by atoms with Crippen LogP contribution in [0.5, 0.6) is 5.88 Å². The second kappa shape index (κ2) is 5.59. The molecule has 0 amide bonds. The quantitative estimate of drug-likeness (QED) is 0.932. The highest BCUT2D eigenvalue weighted by Gasteiger charge is 2.18. The van der Waals surface area contributed by atoms with Gasteiger partial charge in [-0.15, -0.1) is 0 Å². The van der Waals surface area contributed by atoms with E-state index in [1.807, 2.05) is 6.92 Å². The first-order valence-electron chi connectivity index (χ1n) is 5.90. The molecule has 2 heterocycles. The van der Waals surface area contributed by atoms with Crippen LogP contribution in [0.3, 0.4) is 0 Å². The Morgan fingerprint density at radius 1 is 1.47 bits per heavy atom. The molecule has 2 rings (SSSR count). The van der Waals surface area contributed by atoms with Crippen LogP contribution in [0, 0.1) is 6.92 Å². The van der Waals surface area contributed by atoms with Gasteiger partial charge < -0.3 is 9.84 Å². The zero-order valence-electron chi connectivity index (χ0n) is 11.1. The summed E-state index contributed by atoms with van der Waals surface area (Å²) in [5, 5.41) is 15.0. The number of ether oxygens (including phenoxy) is 1. The van der Waals surface area contributed by atoms with Gasteiger partial charge >= 0.3 is 0 Å². The molecule has 102 valence electrons. The Bertz CT molecular complexity index is 583. The number of halogens is 1. The van der Waals surface area contributed by atoms with Gasteiger partial charge in [0, 0.05) is 25.1 Å². The van der Waals surface area contributed by atoms with E-state index >= 15 is 0 Å². The fourth-order valence-corrected chi connectivity index (χ4v) is 2.19. The number of rotatable bonds is 4. The third kappa shape index (κ3) is 2.88. The van der Waals surface area contributed by atoms with E-state index in [-0.39, 0.29) is 0 Å². The van der Waals surface area contributed by atoms with Crippen LogP contribution in [-0.4, -0.2) is 27.0 Å². The number of aromatic nitrogens is 3. The van der Waals surface area contributed by atoms with Crippen molar-refractivity contribution in [2.24, 2.45) is 7.05 Å². The van der Waals surface area contributed by atoms with Gasteiger partial charge in [-0.3, -0.25) is 4.68 Å². The molecule has 0 saturated carbocycles. The smallest absolute Gasteiger partial charge is 0.213 e. The number of pyridine rings is 1. The van der Waals surface area contributed by atoms with Crippen LogP contribution in [0.25, 0.3) is 0 Å². The normalized spacial score (nSPS) is 12.5. The lowest BCUT2D eigenvalue weighted by Gasteiger charge is -2.11. The summed E-state index contributed by atoms with van der Waals surface area (Å²) in [4.78, 5) is 4.21. The molecule has 0 radical (unpaired) electrons. The van der Waals surface area contributed by atoms with E-state index in [4.69, 9.17) is 16.3 Å². The van der Waals surface area contributed by atoms with Gasteiger partial charge in [-0.1, -0.05) is 17.7 Å². The molecule has 2 aromatic heterocycles. The summed E-state index contributed by atoms with van der Waals surface area (Å²) in [6.45, 7) is 1.87. The number of aliphatic hydroxyl groups excluding tert-OH is 1. The summed E-state index contributed by atoms with van der Waals surface area (Å²) in [5.41, 5.74) is 2.20. The SMILES string of the molecule is COc1cccc(C(O)Cc2c(C)nn(C)c2Cl)n1. The van der Waals surface area contributed by atoms with Gasteiger partial charge in [0.1, 0.15) is 11.3 Å². The number of nitrogens with zero attached hydrogens (tertiary/aromatic N) is 3. The molecule has 0 saturated heterocycles. The van der Waals surface area contributed by atoms with E-state index in [0.717, 1.165) is 11.3 Å². The zero-order chi connectivity index (χ0) is 14.0. The van der Waals surface area contributed by atoms with Crippen LogP contribution in [-0.2, 0) is 13.5 Å². The van der Waals surface area contributed by atoms with E-state index in [9.17, 15) is 5.11 Å².